The molecule has 1 heterocycles. The summed E-state index contributed by atoms with van der Waals surface area (Å²) in [7, 11) is 0. The van der Waals surface area contributed by atoms with E-state index in [0.717, 1.165) is 16.7 Å². The lowest BCUT2D eigenvalue weighted by molar-refractivity contribution is -0.146. The summed E-state index contributed by atoms with van der Waals surface area (Å²) in [5.74, 6) is -4.33. The summed E-state index contributed by atoms with van der Waals surface area (Å²) in [6, 6.07) is 15.0. The number of carbonyl (C=O) groups is 1. The highest BCUT2D eigenvalue weighted by atomic mass is 19.1. The molecule has 0 saturated carbocycles. The van der Waals surface area contributed by atoms with Crippen molar-refractivity contribution in [3.05, 3.63) is 71.8 Å². The number of benzene rings is 2. The monoisotopic (exact) mass is 442 g/mol. The number of aliphatic carboxylic acids is 1. The van der Waals surface area contributed by atoms with Crippen molar-refractivity contribution < 1.29 is 28.2 Å². The van der Waals surface area contributed by atoms with Gasteiger partial charge in [0, 0.05) is 12.6 Å². The van der Waals surface area contributed by atoms with E-state index in [4.69, 9.17) is 15.2 Å². The lowest BCUT2D eigenvalue weighted by atomic mass is 10.0. The summed E-state index contributed by atoms with van der Waals surface area (Å²) in [6.45, 7) is 4.00. The van der Waals surface area contributed by atoms with E-state index >= 15 is 0 Å². The van der Waals surface area contributed by atoms with Crippen LogP contribution in [0.3, 0.4) is 0 Å². The predicted molar refractivity (Wildman–Crippen MR) is 116 cm³/mol. The van der Waals surface area contributed by atoms with Gasteiger partial charge >= 0.3 is 5.97 Å². The molecule has 168 valence electrons. The SMILES string of the molecule is CC(C)C[C@@H](Oc1nc(Oc2cccc(-c3cccc(CN)c3)c2)c(F)cc1F)C(=O)O. The van der Waals surface area contributed by atoms with Gasteiger partial charge in [0.2, 0.25) is 0 Å². The van der Waals surface area contributed by atoms with Gasteiger partial charge in [-0.25, -0.2) is 13.6 Å². The Morgan fingerprint density at radius 2 is 1.69 bits per heavy atom. The van der Waals surface area contributed by atoms with Crippen LogP contribution >= 0.6 is 0 Å². The summed E-state index contributed by atoms with van der Waals surface area (Å²) in [6.07, 6.45) is -1.19. The number of ether oxygens (including phenoxy) is 2. The molecule has 1 aromatic heterocycles. The minimum Gasteiger partial charge on any atom is -0.479 e. The number of aromatic nitrogens is 1. The molecule has 0 aliphatic heterocycles. The third kappa shape index (κ3) is 5.79. The quantitative estimate of drug-likeness (QED) is 0.476. The number of hydrogen-bond acceptors (Lipinski definition) is 5. The molecular formula is C24H24F2N2O4. The fourth-order valence-corrected chi connectivity index (χ4v) is 3.08. The highest BCUT2D eigenvalue weighted by molar-refractivity contribution is 5.72. The first-order valence-electron chi connectivity index (χ1n) is 10.1. The van der Waals surface area contributed by atoms with E-state index in [0.29, 0.717) is 12.6 Å². The zero-order valence-electron chi connectivity index (χ0n) is 17.7. The third-order valence-corrected chi connectivity index (χ3v) is 4.62. The Bertz CT molecular complexity index is 1110. The molecule has 3 aromatic rings. The number of rotatable bonds is 9. The first-order valence-corrected chi connectivity index (χ1v) is 10.1. The van der Waals surface area contributed by atoms with Crippen molar-refractivity contribution in [3.63, 3.8) is 0 Å². The van der Waals surface area contributed by atoms with Crippen LogP contribution in [0.15, 0.2) is 54.6 Å². The van der Waals surface area contributed by atoms with E-state index in [1.165, 1.54) is 0 Å². The van der Waals surface area contributed by atoms with Crippen molar-refractivity contribution in [2.75, 3.05) is 0 Å². The number of nitrogens with zero attached hydrogens (tertiary/aromatic N) is 1. The minimum absolute atomic E-state index is 0.0177. The molecule has 3 N–H and O–H groups in total. The molecule has 0 aliphatic rings. The number of nitrogens with two attached hydrogens (primary N) is 1. The van der Waals surface area contributed by atoms with Gasteiger partial charge in [-0.05, 0) is 47.2 Å². The van der Waals surface area contributed by atoms with Crippen molar-refractivity contribution in [2.24, 2.45) is 11.7 Å². The van der Waals surface area contributed by atoms with E-state index in [2.05, 4.69) is 4.98 Å². The average molecular weight is 442 g/mol. The Morgan fingerprint density at radius 3 is 2.34 bits per heavy atom. The van der Waals surface area contributed by atoms with Gasteiger partial charge < -0.3 is 20.3 Å². The van der Waals surface area contributed by atoms with E-state index in [-0.39, 0.29) is 18.1 Å². The van der Waals surface area contributed by atoms with Gasteiger partial charge in [-0.1, -0.05) is 44.2 Å². The van der Waals surface area contributed by atoms with Crippen LogP contribution in [0.25, 0.3) is 11.1 Å². The number of carboxylic acid groups (broad SMARTS) is 1. The molecule has 0 amide bonds. The van der Waals surface area contributed by atoms with Gasteiger partial charge in [-0.15, -0.1) is 0 Å². The fourth-order valence-electron chi connectivity index (χ4n) is 3.08. The Labute approximate surface area is 184 Å². The van der Waals surface area contributed by atoms with Crippen molar-refractivity contribution in [1.82, 2.24) is 4.98 Å². The summed E-state index contributed by atoms with van der Waals surface area (Å²) < 4.78 is 39.3. The highest BCUT2D eigenvalue weighted by Crippen LogP contribution is 2.31. The van der Waals surface area contributed by atoms with Crippen molar-refractivity contribution in [3.8, 4) is 28.6 Å². The van der Waals surface area contributed by atoms with E-state index in [9.17, 15) is 18.7 Å². The maximum atomic E-state index is 14.3. The van der Waals surface area contributed by atoms with Gasteiger partial charge in [0.05, 0.1) is 0 Å². The Morgan fingerprint density at radius 1 is 1.03 bits per heavy atom. The molecular weight excluding hydrogens is 418 g/mol. The van der Waals surface area contributed by atoms with Crippen LogP contribution in [0.1, 0.15) is 25.8 Å². The van der Waals surface area contributed by atoms with Gasteiger partial charge in [0.25, 0.3) is 11.8 Å². The fraction of sp³-hybridized carbons (Fsp3) is 0.250. The minimum atomic E-state index is -1.33. The summed E-state index contributed by atoms with van der Waals surface area (Å²) in [5.41, 5.74) is 8.35. The molecule has 1 atom stereocenters. The number of hydrogen-bond donors (Lipinski definition) is 2. The van der Waals surface area contributed by atoms with Crippen LogP contribution in [-0.2, 0) is 11.3 Å². The second-order valence-corrected chi connectivity index (χ2v) is 7.67. The van der Waals surface area contributed by atoms with Gasteiger partial charge in [0.15, 0.2) is 17.7 Å². The Balaban J connectivity index is 1.87. The number of pyridine rings is 1. The standard InChI is InChI=1S/C24H24F2N2O4/c1-14(2)9-21(24(29)30)32-23-20(26)12-19(25)22(28-23)31-18-8-4-7-17(11-18)16-6-3-5-15(10-16)13-27/h3-8,10-12,14,21H,9,13,27H2,1-2H3,(H,29,30)/t21-/m1/s1. The maximum absolute atomic E-state index is 14.3. The number of carboxylic acids is 1. The molecule has 0 radical (unpaired) electrons. The van der Waals surface area contributed by atoms with Crippen LogP contribution in [0, 0.1) is 17.6 Å². The molecule has 8 heteroatoms. The lowest BCUT2D eigenvalue weighted by Crippen LogP contribution is -2.29. The summed E-state index contributed by atoms with van der Waals surface area (Å²) in [5, 5.41) is 9.32. The van der Waals surface area contributed by atoms with Crippen molar-refractivity contribution >= 4 is 5.97 Å². The van der Waals surface area contributed by atoms with Crippen molar-refractivity contribution in [1.29, 1.82) is 0 Å². The topological polar surface area (TPSA) is 94.7 Å². The molecule has 0 unspecified atom stereocenters. The molecule has 32 heavy (non-hydrogen) atoms. The molecule has 2 aromatic carbocycles. The second kappa shape index (κ2) is 10.2. The lowest BCUT2D eigenvalue weighted by Gasteiger charge is -2.17. The van der Waals surface area contributed by atoms with E-state index < -0.39 is 35.5 Å². The summed E-state index contributed by atoms with van der Waals surface area (Å²) in [4.78, 5) is 15.2. The summed E-state index contributed by atoms with van der Waals surface area (Å²) >= 11 is 0. The zero-order valence-corrected chi connectivity index (χ0v) is 17.7. The van der Waals surface area contributed by atoms with E-state index in [1.807, 2.05) is 30.3 Å². The van der Waals surface area contributed by atoms with Crippen molar-refractivity contribution in [2.45, 2.75) is 32.9 Å². The Kier molecular flexibility index (Phi) is 7.37. The maximum Gasteiger partial charge on any atom is 0.344 e. The van der Waals surface area contributed by atoms with Crippen LogP contribution in [-0.4, -0.2) is 22.2 Å². The average Bonchev–Trinajstić information content (AvgIpc) is 2.76. The normalized spacial score (nSPS) is 11.9. The van der Waals surface area contributed by atoms with Gasteiger partial charge in [-0.3, -0.25) is 0 Å². The molecule has 0 fully saturated rings. The van der Waals surface area contributed by atoms with Crippen LogP contribution in [0.2, 0.25) is 0 Å². The van der Waals surface area contributed by atoms with Gasteiger partial charge in [-0.2, -0.15) is 4.98 Å². The first kappa shape index (κ1) is 23.1. The zero-order chi connectivity index (χ0) is 23.3. The van der Waals surface area contributed by atoms with Gasteiger partial charge in [0.1, 0.15) is 5.75 Å². The third-order valence-electron chi connectivity index (χ3n) is 4.62. The number of halogens is 2. The first-order chi connectivity index (χ1) is 15.3. The predicted octanol–water partition coefficient (Wildman–Crippen LogP) is 5.16. The van der Waals surface area contributed by atoms with Crippen LogP contribution in [0.4, 0.5) is 8.78 Å². The molecule has 0 saturated heterocycles. The molecule has 0 bridgehead atoms. The molecule has 0 spiro atoms. The van der Waals surface area contributed by atoms with Crippen LogP contribution < -0.4 is 15.2 Å². The molecule has 3 rings (SSSR count). The van der Waals surface area contributed by atoms with E-state index in [1.54, 1.807) is 32.0 Å². The molecule has 6 nitrogen and oxygen atoms in total. The highest BCUT2D eigenvalue weighted by Gasteiger charge is 2.25. The second-order valence-electron chi connectivity index (χ2n) is 7.67. The largest absolute Gasteiger partial charge is 0.479 e. The Hall–Kier alpha value is -3.52. The van der Waals surface area contributed by atoms with Crippen LogP contribution in [0.5, 0.6) is 17.5 Å². The molecule has 0 aliphatic carbocycles. The smallest absolute Gasteiger partial charge is 0.344 e.